The normalized spacial score (nSPS) is 29.4. The molecule has 2 fully saturated rings. The molecule has 0 amide bonds. The molecule has 0 aromatic carbocycles. The first-order valence-electron chi connectivity index (χ1n) is 3.82. The maximum Gasteiger partial charge on any atom is 0.197 e. The van der Waals surface area contributed by atoms with Gasteiger partial charge in [-0.1, -0.05) is 0 Å². The molecule has 2 aliphatic rings. The van der Waals surface area contributed by atoms with Crippen LogP contribution in [0.4, 0.5) is 0 Å². The summed E-state index contributed by atoms with van der Waals surface area (Å²) in [5, 5.41) is 10.5. The van der Waals surface area contributed by atoms with Crippen LogP contribution in [0.5, 0.6) is 0 Å². The highest BCUT2D eigenvalue weighted by Crippen LogP contribution is 2.32. The van der Waals surface area contributed by atoms with Crippen molar-refractivity contribution in [1.82, 2.24) is 5.32 Å². The van der Waals surface area contributed by atoms with Gasteiger partial charge in [0.2, 0.25) is 0 Å². The van der Waals surface area contributed by atoms with Crippen LogP contribution in [0.3, 0.4) is 0 Å². The van der Waals surface area contributed by atoms with Crippen LogP contribution in [0.2, 0.25) is 0 Å². The summed E-state index contributed by atoms with van der Waals surface area (Å²) in [4.78, 5) is 0. The van der Waals surface area contributed by atoms with E-state index < -0.39 is 0 Å². The second-order valence-electron chi connectivity index (χ2n) is 3.08. The van der Waals surface area contributed by atoms with Crippen molar-refractivity contribution in [2.24, 2.45) is 0 Å². The van der Waals surface area contributed by atoms with Gasteiger partial charge >= 0.3 is 0 Å². The first-order chi connectivity index (χ1) is 4.81. The summed E-state index contributed by atoms with van der Waals surface area (Å²) in [7, 11) is 0. The smallest absolute Gasteiger partial charge is 0.197 e. The van der Waals surface area contributed by atoms with Gasteiger partial charge in [0, 0.05) is 12.8 Å². The molecule has 3 nitrogen and oxygen atoms in total. The van der Waals surface area contributed by atoms with E-state index in [1.54, 1.807) is 0 Å². The zero-order valence-electron chi connectivity index (χ0n) is 5.94. The summed E-state index contributed by atoms with van der Waals surface area (Å²) in [6.07, 6.45) is 4.63. The third-order valence-electron chi connectivity index (χ3n) is 2.30. The largest absolute Gasteiger partial charge is 0.459 e. The molecule has 1 spiro atoms. The predicted molar refractivity (Wildman–Crippen MR) is 38.0 cm³/mol. The van der Waals surface area contributed by atoms with Crippen LogP contribution in [-0.2, 0) is 4.74 Å². The van der Waals surface area contributed by atoms with Crippen molar-refractivity contribution in [3.8, 4) is 0 Å². The van der Waals surface area contributed by atoms with Crippen molar-refractivity contribution in [2.45, 2.75) is 31.4 Å². The minimum atomic E-state index is -0.114. The molecule has 0 aromatic rings. The highest BCUT2D eigenvalue weighted by atomic mass is 16.5. The Hall–Kier alpha value is -0.570. The summed E-state index contributed by atoms with van der Waals surface area (Å²) in [5.74, 6) is 0.405. The standard InChI is InChI=1S/C7H12N2O/c8-6-5-9-7(10-6)3-1-2-4-7/h8-9H,1-5H2. The van der Waals surface area contributed by atoms with Gasteiger partial charge in [0.25, 0.3) is 0 Å². The summed E-state index contributed by atoms with van der Waals surface area (Å²) in [6.45, 7) is 0.625. The molecule has 0 unspecified atom stereocenters. The third kappa shape index (κ3) is 0.814. The maximum atomic E-state index is 7.25. The van der Waals surface area contributed by atoms with E-state index in [1.807, 2.05) is 0 Å². The van der Waals surface area contributed by atoms with E-state index >= 15 is 0 Å². The molecular formula is C7H12N2O. The Balaban J connectivity index is 2.09. The molecule has 2 rings (SSSR count). The minimum absolute atomic E-state index is 0.114. The van der Waals surface area contributed by atoms with Gasteiger partial charge in [0.1, 0.15) is 0 Å². The van der Waals surface area contributed by atoms with Crippen LogP contribution < -0.4 is 5.32 Å². The molecule has 1 heterocycles. The Morgan fingerprint density at radius 1 is 1.40 bits per heavy atom. The fourth-order valence-electron chi connectivity index (χ4n) is 1.77. The lowest BCUT2D eigenvalue weighted by Gasteiger charge is -2.21. The van der Waals surface area contributed by atoms with Gasteiger partial charge in [0.15, 0.2) is 11.6 Å². The van der Waals surface area contributed by atoms with Gasteiger partial charge in [-0.2, -0.15) is 0 Å². The van der Waals surface area contributed by atoms with E-state index in [0.29, 0.717) is 12.4 Å². The van der Waals surface area contributed by atoms with Gasteiger partial charge in [0.05, 0.1) is 6.54 Å². The Morgan fingerprint density at radius 3 is 2.60 bits per heavy atom. The van der Waals surface area contributed by atoms with Crippen LogP contribution >= 0.6 is 0 Å². The molecule has 1 saturated heterocycles. The molecule has 10 heavy (non-hydrogen) atoms. The van der Waals surface area contributed by atoms with Crippen molar-refractivity contribution < 1.29 is 4.74 Å². The molecule has 0 atom stereocenters. The van der Waals surface area contributed by atoms with E-state index in [4.69, 9.17) is 10.1 Å². The average Bonchev–Trinajstić information content (AvgIpc) is 2.46. The Labute approximate surface area is 60.3 Å². The van der Waals surface area contributed by atoms with Gasteiger partial charge in [-0.3, -0.25) is 10.7 Å². The lowest BCUT2D eigenvalue weighted by molar-refractivity contribution is 0.0649. The highest BCUT2D eigenvalue weighted by molar-refractivity contribution is 5.77. The van der Waals surface area contributed by atoms with Crippen LogP contribution in [0.1, 0.15) is 25.7 Å². The van der Waals surface area contributed by atoms with Gasteiger partial charge in [-0.05, 0) is 12.8 Å². The Kier molecular flexibility index (Phi) is 1.20. The van der Waals surface area contributed by atoms with Crippen molar-refractivity contribution in [2.75, 3.05) is 6.54 Å². The predicted octanol–water partition coefficient (Wildman–Crippen LogP) is 0.854. The second kappa shape index (κ2) is 1.95. The topological polar surface area (TPSA) is 45.1 Å². The quantitative estimate of drug-likeness (QED) is 0.524. The van der Waals surface area contributed by atoms with Crippen molar-refractivity contribution >= 4 is 5.90 Å². The first kappa shape index (κ1) is 6.16. The van der Waals surface area contributed by atoms with Crippen LogP contribution in [0.15, 0.2) is 0 Å². The van der Waals surface area contributed by atoms with E-state index in [0.717, 1.165) is 12.8 Å². The van der Waals surface area contributed by atoms with Crippen LogP contribution in [-0.4, -0.2) is 18.2 Å². The summed E-state index contributed by atoms with van der Waals surface area (Å²) in [6, 6.07) is 0. The number of ether oxygens (including phenoxy) is 1. The van der Waals surface area contributed by atoms with E-state index in [1.165, 1.54) is 12.8 Å². The van der Waals surface area contributed by atoms with Crippen molar-refractivity contribution in [3.05, 3.63) is 0 Å². The number of rotatable bonds is 0. The Bertz CT molecular complexity index is 161. The van der Waals surface area contributed by atoms with Crippen molar-refractivity contribution in [1.29, 1.82) is 5.41 Å². The van der Waals surface area contributed by atoms with Crippen LogP contribution in [0, 0.1) is 5.41 Å². The second-order valence-corrected chi connectivity index (χ2v) is 3.08. The fraction of sp³-hybridized carbons (Fsp3) is 0.857. The van der Waals surface area contributed by atoms with Crippen molar-refractivity contribution in [3.63, 3.8) is 0 Å². The number of hydrogen-bond acceptors (Lipinski definition) is 3. The molecule has 3 heteroatoms. The molecule has 1 aliphatic carbocycles. The summed E-state index contributed by atoms with van der Waals surface area (Å²) in [5.41, 5.74) is -0.114. The first-order valence-corrected chi connectivity index (χ1v) is 3.82. The molecule has 1 saturated carbocycles. The lowest BCUT2D eigenvalue weighted by Crippen LogP contribution is -2.37. The molecule has 1 aliphatic heterocycles. The zero-order chi connectivity index (χ0) is 7.03. The van der Waals surface area contributed by atoms with E-state index in [-0.39, 0.29) is 5.72 Å². The average molecular weight is 140 g/mol. The van der Waals surface area contributed by atoms with Gasteiger partial charge < -0.3 is 4.74 Å². The Morgan fingerprint density at radius 2 is 2.10 bits per heavy atom. The van der Waals surface area contributed by atoms with Gasteiger partial charge in [-0.25, -0.2) is 0 Å². The van der Waals surface area contributed by atoms with E-state index in [9.17, 15) is 0 Å². The number of hydrogen-bond donors (Lipinski definition) is 2. The summed E-state index contributed by atoms with van der Waals surface area (Å²) < 4.78 is 5.38. The molecular weight excluding hydrogens is 128 g/mol. The SMILES string of the molecule is N=C1CNC2(CCCC2)O1. The maximum absolute atomic E-state index is 7.25. The van der Waals surface area contributed by atoms with Crippen LogP contribution in [0.25, 0.3) is 0 Å². The zero-order valence-corrected chi connectivity index (χ0v) is 5.94. The molecule has 2 N–H and O–H groups in total. The van der Waals surface area contributed by atoms with E-state index in [2.05, 4.69) is 5.32 Å². The fourth-order valence-corrected chi connectivity index (χ4v) is 1.77. The summed E-state index contributed by atoms with van der Waals surface area (Å²) >= 11 is 0. The highest BCUT2D eigenvalue weighted by Gasteiger charge is 2.40. The molecule has 0 radical (unpaired) electrons. The minimum Gasteiger partial charge on any atom is -0.459 e. The lowest BCUT2D eigenvalue weighted by atomic mass is 10.2. The number of nitrogens with one attached hydrogen (secondary N) is 2. The third-order valence-corrected chi connectivity index (χ3v) is 2.30. The molecule has 0 bridgehead atoms. The molecule has 0 aromatic heterocycles. The monoisotopic (exact) mass is 140 g/mol. The van der Waals surface area contributed by atoms with Gasteiger partial charge in [-0.15, -0.1) is 0 Å². The molecule has 56 valence electrons.